The largest absolute Gasteiger partial charge is 0.478 e. The first-order chi connectivity index (χ1) is 10.0. The molecule has 1 aromatic carbocycles. The summed E-state index contributed by atoms with van der Waals surface area (Å²) < 4.78 is 14.1. The molecular formula is C15H12FNO4. The molecule has 1 aliphatic carbocycles. The number of hydrogen-bond donors (Lipinski definition) is 1. The number of nitrogens with zero attached hydrogens (tertiary/aromatic N) is 1. The summed E-state index contributed by atoms with van der Waals surface area (Å²) in [4.78, 5) is 36.7. The lowest BCUT2D eigenvalue weighted by Crippen LogP contribution is -2.33. The summed E-state index contributed by atoms with van der Waals surface area (Å²) in [5.41, 5.74) is -0.835. The average molecular weight is 289 g/mol. The number of carbonyl (C=O) groups excluding carboxylic acids is 2. The highest BCUT2D eigenvalue weighted by Gasteiger charge is 2.49. The zero-order valence-electron chi connectivity index (χ0n) is 11.0. The Kier molecular flexibility index (Phi) is 3.08. The van der Waals surface area contributed by atoms with Gasteiger partial charge in [-0.05, 0) is 25.0 Å². The Morgan fingerprint density at radius 1 is 1.14 bits per heavy atom. The zero-order chi connectivity index (χ0) is 15.1. The Morgan fingerprint density at radius 2 is 1.71 bits per heavy atom. The highest BCUT2D eigenvalue weighted by atomic mass is 19.1. The number of anilines is 1. The number of halogens is 1. The lowest BCUT2D eigenvalue weighted by molar-refractivity contribution is -0.122. The van der Waals surface area contributed by atoms with Gasteiger partial charge in [0.25, 0.3) is 0 Å². The minimum absolute atomic E-state index is 0.386. The molecule has 0 saturated carbocycles. The van der Waals surface area contributed by atoms with Crippen molar-refractivity contribution in [2.45, 2.75) is 12.8 Å². The summed E-state index contributed by atoms with van der Waals surface area (Å²) in [5.74, 6) is -4.36. The van der Waals surface area contributed by atoms with E-state index in [0.717, 1.165) is 6.07 Å². The van der Waals surface area contributed by atoms with E-state index in [9.17, 15) is 18.8 Å². The predicted molar refractivity (Wildman–Crippen MR) is 71.2 cm³/mol. The van der Waals surface area contributed by atoms with Crippen LogP contribution in [0.5, 0.6) is 0 Å². The monoisotopic (exact) mass is 289 g/mol. The molecule has 0 unspecified atom stereocenters. The molecule has 5 nitrogen and oxygen atoms in total. The third-order valence-electron chi connectivity index (χ3n) is 3.95. The van der Waals surface area contributed by atoms with Crippen LogP contribution in [-0.4, -0.2) is 22.9 Å². The number of carboxylic acids is 1. The molecule has 1 fully saturated rings. The molecule has 2 aliphatic rings. The van der Waals surface area contributed by atoms with Gasteiger partial charge in [-0.1, -0.05) is 18.2 Å². The van der Waals surface area contributed by atoms with Gasteiger partial charge in [0.2, 0.25) is 11.8 Å². The van der Waals surface area contributed by atoms with Crippen molar-refractivity contribution in [2.75, 3.05) is 4.90 Å². The number of fused-ring (bicyclic) bond motifs is 1. The fourth-order valence-electron chi connectivity index (χ4n) is 2.94. The number of carboxylic acid groups (broad SMARTS) is 1. The molecule has 0 radical (unpaired) electrons. The lowest BCUT2D eigenvalue weighted by Gasteiger charge is -2.17. The fraction of sp³-hybridized carbons (Fsp3) is 0.267. The van der Waals surface area contributed by atoms with E-state index in [1.165, 1.54) is 12.1 Å². The van der Waals surface area contributed by atoms with Gasteiger partial charge in [-0.15, -0.1) is 0 Å². The maximum absolute atomic E-state index is 14.1. The van der Waals surface area contributed by atoms with Crippen LogP contribution in [0.25, 0.3) is 0 Å². The minimum Gasteiger partial charge on any atom is -0.478 e. The number of allylic oxidation sites excluding steroid dienone is 2. The molecule has 2 amide bonds. The minimum atomic E-state index is -1.38. The molecule has 0 spiro atoms. The fourth-order valence-corrected chi connectivity index (χ4v) is 2.94. The van der Waals surface area contributed by atoms with Crippen LogP contribution < -0.4 is 4.90 Å². The number of amides is 2. The molecule has 1 N–H and O–H groups in total. The standard InChI is InChI=1S/C15H12FNO4/c16-11-7-3-6-10(15(20)21)12(11)17-13(18)8-4-1-2-5-9(8)14(17)19/h1-3,6-9H,4-5H2,(H,20,21)/t8-,9+. The van der Waals surface area contributed by atoms with E-state index in [0.29, 0.717) is 17.7 Å². The number of carbonyl (C=O) groups is 3. The smallest absolute Gasteiger partial charge is 0.337 e. The van der Waals surface area contributed by atoms with Crippen molar-refractivity contribution in [3.05, 3.63) is 41.7 Å². The quantitative estimate of drug-likeness (QED) is 0.667. The summed E-state index contributed by atoms with van der Waals surface area (Å²) >= 11 is 0. The highest BCUT2D eigenvalue weighted by molar-refractivity contribution is 6.24. The molecule has 0 aromatic heterocycles. The summed E-state index contributed by atoms with van der Waals surface area (Å²) in [7, 11) is 0. The van der Waals surface area contributed by atoms with Gasteiger partial charge < -0.3 is 5.11 Å². The predicted octanol–water partition coefficient (Wildman–Crippen LogP) is 1.98. The third kappa shape index (κ3) is 1.94. The molecule has 1 heterocycles. The van der Waals surface area contributed by atoms with Crippen LogP contribution in [0.1, 0.15) is 23.2 Å². The van der Waals surface area contributed by atoms with E-state index in [-0.39, 0.29) is 5.56 Å². The summed E-state index contributed by atoms with van der Waals surface area (Å²) in [6.45, 7) is 0. The highest BCUT2D eigenvalue weighted by Crippen LogP contribution is 2.39. The van der Waals surface area contributed by atoms with E-state index in [1.807, 2.05) is 12.2 Å². The average Bonchev–Trinajstić information content (AvgIpc) is 2.72. The number of rotatable bonds is 2. The molecule has 2 atom stereocenters. The molecule has 0 bridgehead atoms. The first-order valence-corrected chi connectivity index (χ1v) is 6.57. The topological polar surface area (TPSA) is 74.7 Å². The van der Waals surface area contributed by atoms with Gasteiger partial charge in [-0.3, -0.25) is 9.59 Å². The van der Waals surface area contributed by atoms with Crippen LogP contribution in [0.4, 0.5) is 10.1 Å². The van der Waals surface area contributed by atoms with Crippen molar-refractivity contribution in [1.29, 1.82) is 0 Å². The maximum Gasteiger partial charge on any atom is 0.337 e. The van der Waals surface area contributed by atoms with Crippen molar-refractivity contribution in [2.24, 2.45) is 11.8 Å². The van der Waals surface area contributed by atoms with E-state index in [4.69, 9.17) is 5.11 Å². The number of imide groups is 1. The van der Waals surface area contributed by atoms with E-state index in [1.54, 1.807) is 0 Å². The number of para-hydroxylation sites is 1. The summed E-state index contributed by atoms with van der Waals surface area (Å²) in [6.07, 6.45) is 4.47. The number of benzene rings is 1. The van der Waals surface area contributed by atoms with Gasteiger partial charge in [-0.2, -0.15) is 0 Å². The normalized spacial score (nSPS) is 24.3. The first-order valence-electron chi connectivity index (χ1n) is 6.57. The van der Waals surface area contributed by atoms with E-state index >= 15 is 0 Å². The van der Waals surface area contributed by atoms with Gasteiger partial charge in [0.05, 0.1) is 17.4 Å². The molecule has 1 aliphatic heterocycles. The molecule has 3 rings (SSSR count). The Labute approximate surface area is 119 Å². The molecule has 21 heavy (non-hydrogen) atoms. The zero-order valence-corrected chi connectivity index (χ0v) is 11.0. The Balaban J connectivity index is 2.12. The van der Waals surface area contributed by atoms with Crippen molar-refractivity contribution in [3.63, 3.8) is 0 Å². The molecule has 1 aromatic rings. The SMILES string of the molecule is O=C(O)c1cccc(F)c1N1C(=O)[C@H]2CC=CC[C@H]2C1=O. The van der Waals surface area contributed by atoms with Gasteiger partial charge in [0.15, 0.2) is 0 Å². The van der Waals surface area contributed by atoms with Gasteiger partial charge >= 0.3 is 5.97 Å². The second kappa shape index (κ2) is 4.80. The van der Waals surface area contributed by atoms with E-state index in [2.05, 4.69) is 0 Å². The second-order valence-electron chi connectivity index (χ2n) is 5.11. The summed E-state index contributed by atoms with van der Waals surface area (Å²) in [6, 6.07) is 3.46. The molecular weight excluding hydrogens is 277 g/mol. The van der Waals surface area contributed by atoms with Crippen LogP contribution >= 0.6 is 0 Å². The third-order valence-corrected chi connectivity index (χ3v) is 3.95. The lowest BCUT2D eigenvalue weighted by atomic mass is 9.85. The summed E-state index contributed by atoms with van der Waals surface area (Å²) in [5, 5.41) is 9.15. The van der Waals surface area contributed by atoms with Gasteiger partial charge in [0, 0.05) is 0 Å². The van der Waals surface area contributed by atoms with Crippen LogP contribution in [0.3, 0.4) is 0 Å². The van der Waals surface area contributed by atoms with Crippen LogP contribution in [-0.2, 0) is 9.59 Å². The van der Waals surface area contributed by atoms with E-state index < -0.39 is 41.1 Å². The molecule has 1 saturated heterocycles. The van der Waals surface area contributed by atoms with Gasteiger partial charge in [-0.25, -0.2) is 14.1 Å². The van der Waals surface area contributed by atoms with Crippen LogP contribution in [0.2, 0.25) is 0 Å². The Hall–Kier alpha value is -2.50. The van der Waals surface area contributed by atoms with Crippen LogP contribution in [0.15, 0.2) is 30.4 Å². The van der Waals surface area contributed by atoms with Crippen molar-refractivity contribution in [3.8, 4) is 0 Å². The van der Waals surface area contributed by atoms with Gasteiger partial charge in [0.1, 0.15) is 11.5 Å². The number of hydrogen-bond acceptors (Lipinski definition) is 3. The van der Waals surface area contributed by atoms with Crippen molar-refractivity contribution < 1.29 is 23.9 Å². The molecule has 108 valence electrons. The second-order valence-corrected chi connectivity index (χ2v) is 5.11. The van der Waals surface area contributed by atoms with Crippen molar-refractivity contribution in [1.82, 2.24) is 0 Å². The van der Waals surface area contributed by atoms with Crippen LogP contribution in [0, 0.1) is 17.7 Å². The first kappa shape index (κ1) is 13.5. The van der Waals surface area contributed by atoms with Crippen molar-refractivity contribution >= 4 is 23.5 Å². The molecule has 6 heteroatoms. The Bertz CT molecular complexity index is 656. The Morgan fingerprint density at radius 3 is 2.24 bits per heavy atom. The maximum atomic E-state index is 14.1. The number of aromatic carboxylic acids is 1.